The largest absolute Gasteiger partial charge is 0.508 e. The third-order valence-corrected chi connectivity index (χ3v) is 21.5. The van der Waals surface area contributed by atoms with Crippen molar-refractivity contribution in [2.75, 3.05) is 169 Å². The van der Waals surface area contributed by atoms with Gasteiger partial charge in [0.05, 0.1) is 188 Å². The quantitative estimate of drug-likeness (QED) is 0.00959. The number of H-pyrrole nitrogens is 1. The molecule has 11 amide bonds. The summed E-state index contributed by atoms with van der Waals surface area (Å²) in [6, 6.07) is -4.28. The number of rotatable bonds is 64. The van der Waals surface area contributed by atoms with Crippen molar-refractivity contribution in [3.8, 4) is 5.75 Å². The number of anilines is 2. The van der Waals surface area contributed by atoms with E-state index in [-0.39, 0.29) is 210 Å². The zero-order valence-electron chi connectivity index (χ0n) is 81.7. The van der Waals surface area contributed by atoms with Crippen molar-refractivity contribution in [1.82, 2.24) is 108 Å². The van der Waals surface area contributed by atoms with Gasteiger partial charge in [0.2, 0.25) is 65.0 Å². The van der Waals surface area contributed by atoms with Gasteiger partial charge in [0.25, 0.3) is 11.5 Å². The molecule has 0 saturated heterocycles. The number of hydrogen-bond donors (Lipinski definition) is 22. The van der Waals surface area contributed by atoms with Gasteiger partial charge < -0.3 is 159 Å². The number of nitrogen functional groups attached to an aromatic ring is 1. The maximum Gasteiger partial charge on any atom is 0.326 e. The Morgan fingerprint density at radius 2 is 1.14 bits per heavy atom. The molecule has 0 fully saturated rings. The molecule has 0 aliphatic carbocycles. The number of nitrogens with one attached hydrogen (secondary N) is 14. The Bertz CT molecular complexity index is 5210. The number of aliphatic hydroxyl groups excluding tert-OH is 1. The molecule has 0 radical (unpaired) electrons. The van der Waals surface area contributed by atoms with Crippen molar-refractivity contribution in [2.24, 2.45) is 11.5 Å². The number of aromatic nitrogens is 10. The van der Waals surface area contributed by atoms with E-state index >= 15 is 9.59 Å². The van der Waals surface area contributed by atoms with Crippen LogP contribution in [0.25, 0.3) is 11.2 Å². The number of fused-ring (bicyclic) bond motifs is 3. The minimum atomic E-state index is -2.17. The molecule has 10 atom stereocenters. The Kier molecular flexibility index (Phi) is 54.9. The van der Waals surface area contributed by atoms with Crippen molar-refractivity contribution in [2.45, 2.75) is 184 Å². The van der Waals surface area contributed by atoms with Crippen LogP contribution in [0.5, 0.6) is 5.75 Å². The molecule has 57 nitrogen and oxygen atoms in total. The summed E-state index contributed by atoms with van der Waals surface area (Å²) in [5.74, 6) is -16.7. The highest BCUT2D eigenvalue weighted by molar-refractivity contribution is 6.00. The normalized spacial score (nSPS) is 17.4. The highest BCUT2D eigenvalue weighted by Gasteiger charge is 2.38. The Morgan fingerprint density at radius 1 is 0.565 bits per heavy atom. The number of carbonyl (C=O) groups excluding carboxylic acids is 11. The lowest BCUT2D eigenvalue weighted by Crippen LogP contribution is -2.61. The van der Waals surface area contributed by atoms with E-state index < -0.39 is 187 Å². The highest BCUT2D eigenvalue weighted by Crippen LogP contribution is 2.18. The SMILES string of the molecule is CCOCCOCCOCCOCCOCCOCCOCCOCCC(=O)N[C@@H](Cc1cn(CCOCCOCCOCCNC(=O)CC[C@H](NC(=O)c2ccc(NCc3cnc4nc(N)[nH]c(=O)c4n3)cc2)C(=O)O)nn1)C(=O)N[C@H]1Cc2cn(nn2)CCCC[C@@H](C(N)=O)NC(=O)[C@@H]([C@H](C)O)NC(=O)[C@@H](Cc2ccc(O)cc2)NC(=O)[C@@H](CCCNC(=N)N)NC(=O)[C@@H](CCC(=O)O)NC(=O)[C@@H](CC(=O)O)NC1=O. The summed E-state index contributed by atoms with van der Waals surface area (Å²) in [5.41, 5.74) is 17.9. The van der Waals surface area contributed by atoms with Gasteiger partial charge in [0, 0.05) is 88.4 Å². The zero-order chi connectivity index (χ0) is 107. The van der Waals surface area contributed by atoms with Gasteiger partial charge in [-0.2, -0.15) is 4.98 Å². The van der Waals surface area contributed by atoms with Gasteiger partial charge in [-0.15, -0.1) is 10.2 Å². The van der Waals surface area contributed by atoms with E-state index in [1.807, 2.05) is 6.92 Å². The number of carboxylic acids is 3. The zero-order valence-corrected chi connectivity index (χ0v) is 81.7. The van der Waals surface area contributed by atoms with Crippen LogP contribution in [0, 0.1) is 5.41 Å². The van der Waals surface area contributed by atoms with E-state index in [1.165, 1.54) is 64.4 Å². The van der Waals surface area contributed by atoms with E-state index in [1.54, 1.807) is 12.1 Å². The number of aromatic amines is 1. The van der Waals surface area contributed by atoms with E-state index in [9.17, 15) is 87.9 Å². The second kappa shape index (κ2) is 67.4. The molecule has 1 aliphatic rings. The molecule has 5 heterocycles. The standard InChI is InChI=1S/C90H134N26O31/c1-3-137-29-30-141-37-38-144-41-42-146-45-46-147-44-43-145-40-39-142-34-31-138-26-21-72(120)100-68(48-59-54-116(114-112-59)25-28-140-33-36-143-35-32-139-27-23-95-71(119)19-17-66(88(135)136)104-79(126)57-11-13-58(14-12-57)97-51-61-52-98-78-76(99-61)87(134)110-90(94)109-78)82(129)106-69-49-60-53-115(113-111-60)24-5-4-7-63(77(91)125)101-86(133)75(55(2)117)108-85(132)67(47-56-9-15-62(118)16-10-56)105-80(127)64(8-6-22-96-89(92)93)102-81(128)65(18-20-73(121)122)103-84(131)70(50-74(123)124)107-83(69)130/h9-16,52-55,63-70,75,97,117-118H,3-8,17-51H2,1-2H3,(H2,91,125)(H,95,119)(H,100,120)(H,101,133)(H,102,128)(H,103,131)(H,104,126)(H,105,127)(H,106,129)(H,107,130)(H,108,132)(H,121,122)(H,123,124)(H,135,136)(H4,92,93,96)(H3,94,98,109,110,134)/t55-,63-,64+,65+,66-,67+,68-,69-,70+,75+/m0/s1. The topological polar surface area (TPSA) is 821 Å². The van der Waals surface area contributed by atoms with Crippen LogP contribution >= 0.6 is 0 Å². The first-order valence-corrected chi connectivity index (χ1v) is 47.7. The molecule has 1 aliphatic heterocycles. The number of aliphatic hydroxyl groups is 1. The number of guanidine groups is 1. The van der Waals surface area contributed by atoms with Crippen molar-refractivity contribution < 1.29 is 145 Å². The van der Waals surface area contributed by atoms with Gasteiger partial charge >= 0.3 is 17.9 Å². The van der Waals surface area contributed by atoms with Gasteiger partial charge in [0.15, 0.2) is 17.1 Å². The Morgan fingerprint density at radius 3 is 1.72 bits per heavy atom. The molecule has 2 bridgehead atoms. The fourth-order valence-corrected chi connectivity index (χ4v) is 13.8. The van der Waals surface area contributed by atoms with Crippen molar-refractivity contribution in [3.05, 3.63) is 106 Å². The van der Waals surface area contributed by atoms with Crippen molar-refractivity contribution >= 4 is 112 Å². The lowest BCUT2D eigenvalue weighted by atomic mass is 10.0. The molecule has 0 unspecified atom stereocenters. The van der Waals surface area contributed by atoms with Crippen LogP contribution in [0.3, 0.4) is 0 Å². The van der Waals surface area contributed by atoms with Crippen LogP contribution < -0.4 is 86.6 Å². The third kappa shape index (κ3) is 48.1. The summed E-state index contributed by atoms with van der Waals surface area (Å²) in [4.78, 5) is 219. The minimum Gasteiger partial charge on any atom is -0.508 e. The summed E-state index contributed by atoms with van der Waals surface area (Å²) in [6.07, 6.45) is -2.75. The van der Waals surface area contributed by atoms with E-state index in [4.69, 9.17) is 74.7 Å². The van der Waals surface area contributed by atoms with Gasteiger partial charge in [-0.25, -0.2) is 19.4 Å². The number of aliphatic carboxylic acids is 3. The van der Waals surface area contributed by atoms with Crippen molar-refractivity contribution in [1.29, 1.82) is 5.41 Å². The molecule has 2 aromatic carbocycles. The fourth-order valence-electron chi connectivity index (χ4n) is 13.8. The van der Waals surface area contributed by atoms with E-state index in [2.05, 4.69) is 104 Å². The predicted molar refractivity (Wildman–Crippen MR) is 514 cm³/mol. The summed E-state index contributed by atoms with van der Waals surface area (Å²) < 4.78 is 63.7. The van der Waals surface area contributed by atoms with Gasteiger partial charge in [-0.1, -0.05) is 22.6 Å². The number of primary amides is 1. The number of phenolic OH excluding ortho intramolecular Hbond substituents is 1. The summed E-state index contributed by atoms with van der Waals surface area (Å²) >= 11 is 0. The summed E-state index contributed by atoms with van der Waals surface area (Å²) in [7, 11) is 0. The number of carbonyl (C=O) groups is 14. The molecule has 0 saturated carbocycles. The first-order chi connectivity index (χ1) is 70.7. The molecule has 810 valence electrons. The van der Waals surface area contributed by atoms with Gasteiger partial charge in [-0.05, 0) is 101 Å². The van der Waals surface area contributed by atoms with Crippen LogP contribution in [-0.4, -0.2) is 383 Å². The number of amides is 11. The molecule has 4 aromatic heterocycles. The fraction of sp³-hybridized carbons (Fsp3) is 0.589. The Balaban J connectivity index is 0.984. The molecule has 147 heavy (non-hydrogen) atoms. The number of ether oxygens (including phenoxy) is 11. The molecular weight excluding hydrogens is 1940 g/mol. The lowest BCUT2D eigenvalue weighted by molar-refractivity contribution is -0.142. The average Bonchev–Trinajstić information content (AvgIpc) is 1.42. The second-order valence-corrected chi connectivity index (χ2v) is 33.1. The molecule has 25 N–H and O–H groups in total. The van der Waals surface area contributed by atoms with Gasteiger partial charge in [-0.3, -0.25) is 82.2 Å². The second-order valence-electron chi connectivity index (χ2n) is 33.1. The van der Waals surface area contributed by atoms with Crippen molar-refractivity contribution in [3.63, 3.8) is 0 Å². The number of carboxylic acid groups (broad SMARTS) is 3. The lowest BCUT2D eigenvalue weighted by Gasteiger charge is -2.28. The Labute approximate surface area is 843 Å². The first-order valence-electron chi connectivity index (χ1n) is 47.7. The minimum absolute atomic E-state index is 0.00178. The third-order valence-electron chi connectivity index (χ3n) is 21.5. The molecular formula is C90H134N26O31. The number of aromatic hydroxyl groups is 1. The molecule has 6 aromatic rings. The first kappa shape index (κ1) is 120. The highest BCUT2D eigenvalue weighted by atomic mass is 16.6. The smallest absolute Gasteiger partial charge is 0.326 e. The molecule has 7 rings (SSSR count). The molecule has 0 spiro atoms. The molecule has 57 heteroatoms. The van der Waals surface area contributed by atoms with Gasteiger partial charge in [0.1, 0.15) is 60.1 Å². The summed E-state index contributed by atoms with van der Waals surface area (Å²) in [5, 5.41) is 106. The Hall–Kier alpha value is -14.3. The number of benzene rings is 2. The number of aryl methyl sites for hydroxylation is 1. The maximum absolute atomic E-state index is 15.1. The predicted octanol–water partition coefficient (Wildman–Crippen LogP) is -6.27. The maximum atomic E-state index is 15.1. The van der Waals surface area contributed by atoms with Crippen LogP contribution in [0.1, 0.15) is 117 Å². The van der Waals surface area contributed by atoms with Crippen LogP contribution in [-0.2, 0) is 153 Å². The van der Waals surface area contributed by atoms with E-state index in [0.29, 0.717) is 83.0 Å². The number of hydrogen-bond acceptors (Lipinski definition) is 38. The van der Waals surface area contributed by atoms with Crippen LogP contribution in [0.4, 0.5) is 11.6 Å². The number of nitrogens with zero attached hydrogens (tertiary/aromatic N) is 9. The number of nitrogens with two attached hydrogens (primary N) is 3. The van der Waals surface area contributed by atoms with Crippen LogP contribution in [0.2, 0.25) is 0 Å². The average molecular weight is 2080 g/mol. The summed E-state index contributed by atoms with van der Waals surface area (Å²) in [6.45, 7) is 8.82. The number of phenols is 1. The van der Waals surface area contributed by atoms with E-state index in [0.717, 1.165) is 6.92 Å². The van der Waals surface area contributed by atoms with Crippen LogP contribution in [0.15, 0.2) is 71.9 Å². The monoisotopic (exact) mass is 2070 g/mol.